The molecule has 0 saturated heterocycles. The van der Waals surface area contributed by atoms with E-state index in [9.17, 15) is 4.79 Å². The van der Waals surface area contributed by atoms with Crippen molar-refractivity contribution in [2.45, 2.75) is 90.6 Å². The van der Waals surface area contributed by atoms with Crippen LogP contribution in [0, 0.1) is 0 Å². The summed E-state index contributed by atoms with van der Waals surface area (Å²) in [5, 5.41) is 0. The standard InChI is InChI=1S/C24H37NO2/c1-2-3-4-5-6-7-8-9-10-11-12-13-14-15-16-20-24(26)27-22-23-19-17-18-21-25-23/h4-5,7-8,17-19,21H,2-3,6,9-16,20,22H2,1H3. The number of ether oxygens (including phenoxy) is 1. The van der Waals surface area contributed by atoms with E-state index in [-0.39, 0.29) is 12.6 Å². The third kappa shape index (κ3) is 14.9. The fraction of sp³-hybridized carbons (Fsp3) is 0.583. The number of pyridine rings is 1. The molecule has 0 aliphatic rings. The van der Waals surface area contributed by atoms with Crippen LogP contribution in [0.5, 0.6) is 0 Å². The molecule has 0 bridgehead atoms. The molecule has 0 aliphatic heterocycles. The van der Waals surface area contributed by atoms with Crippen molar-refractivity contribution in [1.29, 1.82) is 0 Å². The molecule has 1 rings (SSSR count). The monoisotopic (exact) mass is 371 g/mol. The summed E-state index contributed by atoms with van der Waals surface area (Å²) in [7, 11) is 0. The first-order chi connectivity index (χ1) is 13.3. The van der Waals surface area contributed by atoms with Crippen LogP contribution >= 0.6 is 0 Å². The molecule has 1 aromatic heterocycles. The SMILES string of the molecule is CCCC=CCC=CCCCCCCCCCC(=O)OCc1ccccn1. The van der Waals surface area contributed by atoms with E-state index in [0.29, 0.717) is 6.42 Å². The molecule has 0 amide bonds. The van der Waals surface area contributed by atoms with Gasteiger partial charge in [-0.05, 0) is 44.2 Å². The summed E-state index contributed by atoms with van der Waals surface area (Å²) in [5.74, 6) is -0.114. The van der Waals surface area contributed by atoms with Crippen LogP contribution in [0.15, 0.2) is 48.7 Å². The second kappa shape index (κ2) is 17.5. The minimum absolute atomic E-state index is 0.114. The highest BCUT2D eigenvalue weighted by Gasteiger charge is 2.03. The number of carbonyl (C=O) groups is 1. The van der Waals surface area contributed by atoms with Crippen molar-refractivity contribution >= 4 is 5.97 Å². The second-order valence-electron chi connectivity index (χ2n) is 6.96. The van der Waals surface area contributed by atoms with Gasteiger partial charge in [-0.15, -0.1) is 0 Å². The van der Waals surface area contributed by atoms with Gasteiger partial charge in [0.2, 0.25) is 0 Å². The number of allylic oxidation sites excluding steroid dienone is 4. The number of rotatable bonds is 16. The molecule has 0 fully saturated rings. The first kappa shape index (κ1) is 23.1. The Hall–Kier alpha value is -1.90. The molecule has 0 unspecified atom stereocenters. The first-order valence-corrected chi connectivity index (χ1v) is 10.7. The van der Waals surface area contributed by atoms with Gasteiger partial charge in [0.25, 0.3) is 0 Å². The Kier molecular flexibility index (Phi) is 15.0. The Bertz CT molecular complexity index is 522. The van der Waals surface area contributed by atoms with Gasteiger partial charge in [0.15, 0.2) is 0 Å². The Labute approximate surface area is 165 Å². The number of hydrogen-bond donors (Lipinski definition) is 0. The van der Waals surface area contributed by atoms with Crippen molar-refractivity contribution in [3.63, 3.8) is 0 Å². The lowest BCUT2D eigenvalue weighted by atomic mass is 10.1. The van der Waals surface area contributed by atoms with Crippen molar-refractivity contribution in [3.05, 3.63) is 54.4 Å². The number of esters is 1. The van der Waals surface area contributed by atoms with Crippen molar-refractivity contribution in [2.24, 2.45) is 0 Å². The summed E-state index contributed by atoms with van der Waals surface area (Å²) in [6, 6.07) is 5.63. The third-order valence-corrected chi connectivity index (χ3v) is 4.42. The summed E-state index contributed by atoms with van der Waals surface area (Å²) in [6.45, 7) is 2.49. The molecule has 150 valence electrons. The molecule has 1 aromatic rings. The Balaban J connectivity index is 1.83. The van der Waals surface area contributed by atoms with E-state index in [0.717, 1.165) is 25.0 Å². The number of unbranched alkanes of at least 4 members (excludes halogenated alkanes) is 8. The molecule has 27 heavy (non-hydrogen) atoms. The minimum Gasteiger partial charge on any atom is -0.459 e. The molecular weight excluding hydrogens is 334 g/mol. The number of aromatic nitrogens is 1. The minimum atomic E-state index is -0.114. The fourth-order valence-electron chi connectivity index (χ4n) is 2.80. The van der Waals surface area contributed by atoms with Crippen molar-refractivity contribution in [2.75, 3.05) is 0 Å². The summed E-state index contributed by atoms with van der Waals surface area (Å²) >= 11 is 0. The normalized spacial score (nSPS) is 11.4. The van der Waals surface area contributed by atoms with Crippen LogP contribution in [0.4, 0.5) is 0 Å². The van der Waals surface area contributed by atoms with Gasteiger partial charge in [-0.3, -0.25) is 9.78 Å². The van der Waals surface area contributed by atoms with Crippen LogP contribution in [-0.2, 0) is 16.1 Å². The lowest BCUT2D eigenvalue weighted by Gasteiger charge is -2.04. The summed E-state index contributed by atoms with van der Waals surface area (Å²) in [5.41, 5.74) is 0.800. The van der Waals surface area contributed by atoms with E-state index < -0.39 is 0 Å². The van der Waals surface area contributed by atoms with Gasteiger partial charge < -0.3 is 4.74 Å². The van der Waals surface area contributed by atoms with Crippen LogP contribution in [-0.4, -0.2) is 11.0 Å². The van der Waals surface area contributed by atoms with Gasteiger partial charge in [-0.1, -0.05) is 75.8 Å². The predicted molar refractivity (Wildman–Crippen MR) is 113 cm³/mol. The maximum absolute atomic E-state index is 11.7. The Morgan fingerprint density at radius 1 is 0.926 bits per heavy atom. The number of carbonyl (C=O) groups excluding carboxylic acids is 1. The zero-order chi connectivity index (χ0) is 19.4. The molecule has 0 radical (unpaired) electrons. The van der Waals surface area contributed by atoms with E-state index in [1.165, 1.54) is 51.4 Å². The average molecular weight is 372 g/mol. The molecule has 0 spiro atoms. The van der Waals surface area contributed by atoms with Gasteiger partial charge >= 0.3 is 5.97 Å². The highest BCUT2D eigenvalue weighted by atomic mass is 16.5. The quantitative estimate of drug-likeness (QED) is 0.179. The second-order valence-corrected chi connectivity index (χ2v) is 6.96. The topological polar surface area (TPSA) is 39.2 Å². The predicted octanol–water partition coefficient (Wildman–Crippen LogP) is 6.94. The van der Waals surface area contributed by atoms with E-state index in [1.807, 2.05) is 18.2 Å². The molecule has 1 heterocycles. The smallest absolute Gasteiger partial charge is 0.306 e. The van der Waals surface area contributed by atoms with Crippen molar-refractivity contribution < 1.29 is 9.53 Å². The van der Waals surface area contributed by atoms with E-state index >= 15 is 0 Å². The van der Waals surface area contributed by atoms with E-state index in [1.54, 1.807) is 6.20 Å². The lowest BCUT2D eigenvalue weighted by molar-refractivity contribution is -0.145. The van der Waals surface area contributed by atoms with Gasteiger partial charge in [0.1, 0.15) is 6.61 Å². The van der Waals surface area contributed by atoms with Gasteiger partial charge in [-0.2, -0.15) is 0 Å². The summed E-state index contributed by atoms with van der Waals surface area (Å²) in [6.07, 6.45) is 24.5. The van der Waals surface area contributed by atoms with Gasteiger partial charge in [-0.25, -0.2) is 0 Å². The van der Waals surface area contributed by atoms with Crippen molar-refractivity contribution in [3.8, 4) is 0 Å². The molecule has 0 atom stereocenters. The maximum atomic E-state index is 11.7. The van der Waals surface area contributed by atoms with Crippen molar-refractivity contribution in [1.82, 2.24) is 4.98 Å². The van der Waals surface area contributed by atoms with E-state index in [4.69, 9.17) is 4.74 Å². The zero-order valence-corrected chi connectivity index (χ0v) is 17.1. The average Bonchev–Trinajstić information content (AvgIpc) is 2.70. The molecule has 0 aliphatic carbocycles. The molecule has 0 aromatic carbocycles. The molecule has 0 saturated carbocycles. The molecule has 3 nitrogen and oxygen atoms in total. The van der Waals surface area contributed by atoms with Crippen LogP contribution in [0.1, 0.15) is 89.7 Å². The summed E-state index contributed by atoms with van der Waals surface area (Å²) < 4.78 is 5.24. The lowest BCUT2D eigenvalue weighted by Crippen LogP contribution is -2.05. The highest BCUT2D eigenvalue weighted by molar-refractivity contribution is 5.69. The van der Waals surface area contributed by atoms with Gasteiger partial charge in [0.05, 0.1) is 5.69 Å². The zero-order valence-electron chi connectivity index (χ0n) is 17.1. The maximum Gasteiger partial charge on any atom is 0.306 e. The number of nitrogens with zero attached hydrogens (tertiary/aromatic N) is 1. The highest BCUT2D eigenvalue weighted by Crippen LogP contribution is 2.11. The van der Waals surface area contributed by atoms with Crippen LogP contribution in [0.2, 0.25) is 0 Å². The third-order valence-electron chi connectivity index (χ3n) is 4.42. The molecular formula is C24H37NO2. The Morgan fingerprint density at radius 3 is 2.33 bits per heavy atom. The van der Waals surface area contributed by atoms with Crippen LogP contribution in [0.3, 0.4) is 0 Å². The Morgan fingerprint density at radius 2 is 1.63 bits per heavy atom. The van der Waals surface area contributed by atoms with E-state index in [2.05, 4.69) is 36.2 Å². The van der Waals surface area contributed by atoms with Crippen LogP contribution < -0.4 is 0 Å². The molecule has 0 N–H and O–H groups in total. The fourth-order valence-corrected chi connectivity index (χ4v) is 2.80. The first-order valence-electron chi connectivity index (χ1n) is 10.7. The van der Waals surface area contributed by atoms with Gasteiger partial charge in [0, 0.05) is 12.6 Å². The van der Waals surface area contributed by atoms with Crippen LogP contribution in [0.25, 0.3) is 0 Å². The number of hydrogen-bond acceptors (Lipinski definition) is 3. The summed E-state index contributed by atoms with van der Waals surface area (Å²) in [4.78, 5) is 15.8. The molecule has 3 heteroatoms. The largest absolute Gasteiger partial charge is 0.459 e.